The second-order valence-corrected chi connectivity index (χ2v) is 6.43. The maximum absolute atomic E-state index is 12.0. The van der Waals surface area contributed by atoms with Crippen LogP contribution in [0.5, 0.6) is 0 Å². The Balaban J connectivity index is 1.95. The maximum Gasteiger partial charge on any atom is 0.343 e. The lowest BCUT2D eigenvalue weighted by Crippen LogP contribution is -1.97. The third-order valence-corrected chi connectivity index (χ3v) is 4.22. The van der Waals surface area contributed by atoms with Crippen LogP contribution in [0.15, 0.2) is 58.6 Å². The van der Waals surface area contributed by atoms with Crippen molar-refractivity contribution in [3.05, 3.63) is 79.8 Å². The molecule has 0 unspecified atom stereocenters. The third kappa shape index (κ3) is 3.27. The fourth-order valence-electron chi connectivity index (χ4n) is 2.03. The van der Waals surface area contributed by atoms with Crippen LogP contribution in [0.25, 0.3) is 11.8 Å². The molecule has 0 bridgehead atoms. The molecule has 2 aromatic rings. The highest BCUT2D eigenvalue weighted by molar-refractivity contribution is 9.10. The number of carbonyl (C=O) groups excluding carboxylic acids is 1. The van der Waals surface area contributed by atoms with Gasteiger partial charge in [-0.15, -0.1) is 0 Å². The average molecular weight is 396 g/mol. The summed E-state index contributed by atoms with van der Waals surface area (Å²) in [6, 6.07) is 12.7. The quantitative estimate of drug-likeness (QED) is 0.478. The molecule has 0 atom stereocenters. The zero-order chi connectivity index (χ0) is 15.7. The fourth-order valence-corrected chi connectivity index (χ4v) is 2.76. The Bertz CT molecular complexity index is 808. The number of hydrogen-bond donors (Lipinski definition) is 0. The summed E-state index contributed by atoms with van der Waals surface area (Å²) in [5.41, 5.74) is 2.00. The SMILES string of the molecule is O=C1OC(c2ccc(Br)cc2)=C/C1=C/c1ccc(Cl)cc1Cl. The van der Waals surface area contributed by atoms with Crippen molar-refractivity contribution in [2.45, 2.75) is 0 Å². The predicted molar refractivity (Wildman–Crippen MR) is 92.7 cm³/mol. The highest BCUT2D eigenvalue weighted by atomic mass is 79.9. The number of halogens is 3. The number of ether oxygens (including phenoxy) is 1. The van der Waals surface area contributed by atoms with E-state index in [0.29, 0.717) is 26.9 Å². The summed E-state index contributed by atoms with van der Waals surface area (Å²) in [5.74, 6) is 0.123. The lowest BCUT2D eigenvalue weighted by Gasteiger charge is -2.01. The van der Waals surface area contributed by atoms with Crippen molar-refractivity contribution in [3.63, 3.8) is 0 Å². The molecule has 110 valence electrons. The van der Waals surface area contributed by atoms with Crippen molar-refractivity contribution in [3.8, 4) is 0 Å². The first-order valence-electron chi connectivity index (χ1n) is 6.39. The monoisotopic (exact) mass is 394 g/mol. The van der Waals surface area contributed by atoms with Gasteiger partial charge < -0.3 is 4.74 Å². The smallest absolute Gasteiger partial charge is 0.343 e. The average Bonchev–Trinajstić information content (AvgIpc) is 2.84. The predicted octanol–water partition coefficient (Wildman–Crippen LogP) is 5.74. The van der Waals surface area contributed by atoms with E-state index in [1.165, 1.54) is 0 Å². The molecule has 0 fully saturated rings. The van der Waals surface area contributed by atoms with Gasteiger partial charge in [-0.2, -0.15) is 0 Å². The van der Waals surface area contributed by atoms with Crippen molar-refractivity contribution in [2.24, 2.45) is 0 Å². The molecule has 1 heterocycles. The second-order valence-electron chi connectivity index (χ2n) is 4.67. The highest BCUT2D eigenvalue weighted by Gasteiger charge is 2.22. The van der Waals surface area contributed by atoms with E-state index in [1.807, 2.05) is 24.3 Å². The number of hydrogen-bond acceptors (Lipinski definition) is 2. The van der Waals surface area contributed by atoms with Crippen LogP contribution < -0.4 is 0 Å². The Morgan fingerprint density at radius 1 is 1.05 bits per heavy atom. The van der Waals surface area contributed by atoms with Gasteiger partial charge in [-0.1, -0.05) is 57.3 Å². The van der Waals surface area contributed by atoms with E-state index >= 15 is 0 Å². The van der Waals surface area contributed by atoms with Gasteiger partial charge in [-0.25, -0.2) is 4.79 Å². The van der Waals surface area contributed by atoms with E-state index in [1.54, 1.807) is 30.4 Å². The lowest BCUT2D eigenvalue weighted by molar-refractivity contribution is -0.130. The number of esters is 1. The molecular weight excluding hydrogens is 387 g/mol. The standard InChI is InChI=1S/C17H9BrCl2O2/c18-13-4-1-10(2-5-13)16-8-12(17(21)22-16)7-11-3-6-14(19)9-15(11)20/h1-9H/b12-7-. The number of rotatable bonds is 2. The van der Waals surface area contributed by atoms with E-state index in [9.17, 15) is 4.79 Å². The van der Waals surface area contributed by atoms with E-state index in [2.05, 4.69) is 15.9 Å². The maximum atomic E-state index is 12.0. The first kappa shape index (κ1) is 15.3. The van der Waals surface area contributed by atoms with Gasteiger partial charge in [0, 0.05) is 20.1 Å². The van der Waals surface area contributed by atoms with Crippen molar-refractivity contribution < 1.29 is 9.53 Å². The molecule has 2 aromatic carbocycles. The first-order chi connectivity index (χ1) is 10.5. The summed E-state index contributed by atoms with van der Waals surface area (Å²) in [7, 11) is 0. The van der Waals surface area contributed by atoms with Crippen LogP contribution in [0.4, 0.5) is 0 Å². The molecule has 5 heteroatoms. The molecule has 22 heavy (non-hydrogen) atoms. The summed E-state index contributed by atoms with van der Waals surface area (Å²) < 4.78 is 6.27. The Labute approximate surface area is 146 Å². The first-order valence-corrected chi connectivity index (χ1v) is 7.94. The van der Waals surface area contributed by atoms with Crippen LogP contribution in [0.3, 0.4) is 0 Å². The number of cyclic esters (lactones) is 1. The second kappa shape index (κ2) is 6.29. The summed E-state index contributed by atoms with van der Waals surface area (Å²) in [4.78, 5) is 12.0. The molecule has 1 aliphatic heterocycles. The Kier molecular flexibility index (Phi) is 4.39. The van der Waals surface area contributed by atoms with Crippen molar-refractivity contribution in [1.82, 2.24) is 0 Å². The lowest BCUT2D eigenvalue weighted by atomic mass is 10.1. The molecule has 0 aromatic heterocycles. The molecule has 0 aliphatic carbocycles. The van der Waals surface area contributed by atoms with Crippen molar-refractivity contribution >= 4 is 56.9 Å². The summed E-state index contributed by atoms with van der Waals surface area (Å²) in [5, 5.41) is 1.03. The van der Waals surface area contributed by atoms with Gasteiger partial charge in [0.05, 0.1) is 5.57 Å². The largest absolute Gasteiger partial charge is 0.422 e. The van der Waals surface area contributed by atoms with Crippen LogP contribution in [-0.4, -0.2) is 5.97 Å². The normalized spacial score (nSPS) is 15.9. The van der Waals surface area contributed by atoms with Crippen LogP contribution in [0.2, 0.25) is 10.0 Å². The van der Waals surface area contributed by atoms with Crippen molar-refractivity contribution in [2.75, 3.05) is 0 Å². The molecule has 2 nitrogen and oxygen atoms in total. The van der Waals surface area contributed by atoms with Gasteiger partial charge in [0.1, 0.15) is 5.76 Å². The molecule has 0 saturated carbocycles. The Morgan fingerprint density at radius 3 is 2.45 bits per heavy atom. The molecule has 0 saturated heterocycles. The Morgan fingerprint density at radius 2 is 1.77 bits per heavy atom. The van der Waals surface area contributed by atoms with E-state index in [0.717, 1.165) is 10.0 Å². The molecule has 0 N–H and O–H groups in total. The molecule has 1 aliphatic rings. The van der Waals surface area contributed by atoms with Crippen LogP contribution in [0.1, 0.15) is 11.1 Å². The third-order valence-electron chi connectivity index (χ3n) is 3.13. The number of carbonyl (C=O) groups is 1. The topological polar surface area (TPSA) is 26.3 Å². The van der Waals surface area contributed by atoms with Gasteiger partial charge in [-0.3, -0.25) is 0 Å². The van der Waals surface area contributed by atoms with Gasteiger partial charge in [0.15, 0.2) is 0 Å². The molecule has 0 spiro atoms. The van der Waals surface area contributed by atoms with E-state index in [4.69, 9.17) is 27.9 Å². The summed E-state index contributed by atoms with van der Waals surface area (Å²) >= 11 is 15.4. The van der Waals surface area contributed by atoms with Crippen LogP contribution in [-0.2, 0) is 9.53 Å². The molecule has 3 rings (SSSR count). The van der Waals surface area contributed by atoms with Gasteiger partial charge >= 0.3 is 5.97 Å². The van der Waals surface area contributed by atoms with Gasteiger partial charge in [0.2, 0.25) is 0 Å². The van der Waals surface area contributed by atoms with Crippen LogP contribution in [0, 0.1) is 0 Å². The zero-order valence-corrected chi connectivity index (χ0v) is 14.2. The van der Waals surface area contributed by atoms with E-state index in [-0.39, 0.29) is 0 Å². The summed E-state index contributed by atoms with van der Waals surface area (Å²) in [6.45, 7) is 0. The van der Waals surface area contributed by atoms with Crippen LogP contribution >= 0.6 is 39.1 Å². The minimum absolute atomic E-state index is 0.399. The fraction of sp³-hybridized carbons (Fsp3) is 0. The molecular formula is C17H9BrCl2O2. The van der Waals surface area contributed by atoms with E-state index < -0.39 is 5.97 Å². The minimum Gasteiger partial charge on any atom is -0.422 e. The number of benzene rings is 2. The zero-order valence-electron chi connectivity index (χ0n) is 11.1. The van der Waals surface area contributed by atoms with Crippen molar-refractivity contribution in [1.29, 1.82) is 0 Å². The Hall–Kier alpha value is -1.55. The molecule has 0 amide bonds. The summed E-state index contributed by atoms with van der Waals surface area (Å²) in [6.07, 6.45) is 3.39. The molecule has 0 radical (unpaired) electrons. The highest BCUT2D eigenvalue weighted by Crippen LogP contribution is 2.30. The minimum atomic E-state index is -0.399. The van der Waals surface area contributed by atoms with Gasteiger partial charge in [0.25, 0.3) is 0 Å². The van der Waals surface area contributed by atoms with Gasteiger partial charge in [-0.05, 0) is 42.0 Å².